The van der Waals surface area contributed by atoms with Gasteiger partial charge in [-0.1, -0.05) is 18.2 Å². The Morgan fingerprint density at radius 3 is 2.15 bits per heavy atom. The molecule has 0 spiro atoms. The van der Waals surface area contributed by atoms with E-state index in [0.29, 0.717) is 36.4 Å². The maximum Gasteiger partial charge on any atom is 0.255 e. The second-order valence-electron chi connectivity index (χ2n) is 6.25. The van der Waals surface area contributed by atoms with Crippen molar-refractivity contribution < 1.29 is 14.7 Å². The molecule has 2 aromatic carbocycles. The summed E-state index contributed by atoms with van der Waals surface area (Å²) in [6.45, 7) is 3.66. The normalized spacial score (nSPS) is 14.9. The van der Waals surface area contributed by atoms with Gasteiger partial charge in [-0.05, 0) is 36.4 Å². The van der Waals surface area contributed by atoms with E-state index in [9.17, 15) is 9.59 Å². The molecule has 0 radical (unpaired) electrons. The van der Waals surface area contributed by atoms with Crippen LogP contribution in [0.25, 0.3) is 0 Å². The lowest BCUT2D eigenvalue weighted by atomic mass is 10.1. The Hall–Kier alpha value is -2.70. The minimum absolute atomic E-state index is 0.00501. The molecule has 6 nitrogen and oxygen atoms in total. The third kappa shape index (κ3) is 4.47. The molecule has 1 heterocycles. The molecule has 6 heteroatoms. The largest absolute Gasteiger partial charge is 0.395 e. The number of β-amino-alcohol motifs (C(OH)–C–C–N with tert-alkyl or cyclic N) is 1. The van der Waals surface area contributed by atoms with Crippen LogP contribution in [0.1, 0.15) is 20.7 Å². The highest BCUT2D eigenvalue weighted by Crippen LogP contribution is 2.14. The molecule has 0 bridgehead atoms. The number of aliphatic hydroxyl groups excluding tert-OH is 1. The number of nitrogens with one attached hydrogen (secondary N) is 1. The van der Waals surface area contributed by atoms with Gasteiger partial charge in [-0.15, -0.1) is 0 Å². The van der Waals surface area contributed by atoms with Gasteiger partial charge in [0.2, 0.25) is 0 Å². The minimum Gasteiger partial charge on any atom is -0.395 e. The molecule has 1 fully saturated rings. The van der Waals surface area contributed by atoms with Crippen molar-refractivity contribution in [3.05, 3.63) is 65.7 Å². The van der Waals surface area contributed by atoms with Gasteiger partial charge in [-0.2, -0.15) is 0 Å². The molecule has 1 aliphatic rings. The first-order chi connectivity index (χ1) is 12.7. The van der Waals surface area contributed by atoms with Crippen molar-refractivity contribution in [1.82, 2.24) is 9.80 Å². The summed E-state index contributed by atoms with van der Waals surface area (Å²) in [5, 5.41) is 11.8. The monoisotopic (exact) mass is 353 g/mol. The molecule has 0 aliphatic carbocycles. The maximum atomic E-state index is 12.6. The molecule has 2 N–H and O–H groups in total. The molecule has 3 rings (SSSR count). The Balaban J connectivity index is 1.57. The van der Waals surface area contributed by atoms with E-state index in [2.05, 4.69) is 10.2 Å². The molecule has 0 atom stereocenters. The van der Waals surface area contributed by atoms with Crippen LogP contribution in [0.3, 0.4) is 0 Å². The molecular weight excluding hydrogens is 330 g/mol. The van der Waals surface area contributed by atoms with Crippen molar-refractivity contribution in [3.63, 3.8) is 0 Å². The molecule has 1 aliphatic heterocycles. The van der Waals surface area contributed by atoms with Crippen LogP contribution in [-0.4, -0.2) is 66.1 Å². The number of anilines is 1. The molecular formula is C20H23N3O3. The van der Waals surface area contributed by atoms with E-state index in [1.165, 1.54) is 0 Å². The molecule has 26 heavy (non-hydrogen) atoms. The third-order valence-corrected chi connectivity index (χ3v) is 4.50. The van der Waals surface area contributed by atoms with Crippen LogP contribution in [0.5, 0.6) is 0 Å². The number of carbonyl (C=O) groups is 2. The number of aliphatic hydroxyl groups is 1. The zero-order chi connectivity index (χ0) is 18.4. The molecule has 136 valence electrons. The van der Waals surface area contributed by atoms with E-state index in [4.69, 9.17) is 5.11 Å². The van der Waals surface area contributed by atoms with Crippen molar-refractivity contribution in [2.45, 2.75) is 0 Å². The van der Waals surface area contributed by atoms with Crippen LogP contribution < -0.4 is 5.32 Å². The first kappa shape index (κ1) is 18.1. The molecule has 2 aromatic rings. The molecule has 1 saturated heterocycles. The van der Waals surface area contributed by atoms with Gasteiger partial charge in [0, 0.05) is 49.5 Å². The van der Waals surface area contributed by atoms with Crippen LogP contribution in [0.15, 0.2) is 54.6 Å². The summed E-state index contributed by atoms with van der Waals surface area (Å²) >= 11 is 0. The number of amides is 2. The Morgan fingerprint density at radius 2 is 1.54 bits per heavy atom. The van der Waals surface area contributed by atoms with Gasteiger partial charge < -0.3 is 15.3 Å². The fourth-order valence-electron chi connectivity index (χ4n) is 2.99. The summed E-state index contributed by atoms with van der Waals surface area (Å²) in [5.74, 6) is -0.181. The second kappa shape index (κ2) is 8.60. The lowest BCUT2D eigenvalue weighted by molar-refractivity contribution is 0.0615. The SMILES string of the molecule is O=C(Nc1ccc(C(=O)N2CCN(CCO)CC2)cc1)c1ccccc1. The highest BCUT2D eigenvalue weighted by molar-refractivity contribution is 6.04. The van der Waals surface area contributed by atoms with Gasteiger partial charge >= 0.3 is 0 Å². The quantitative estimate of drug-likeness (QED) is 0.858. The van der Waals surface area contributed by atoms with Gasteiger partial charge in [0.15, 0.2) is 0 Å². The number of carbonyl (C=O) groups excluding carboxylic acids is 2. The maximum absolute atomic E-state index is 12.6. The summed E-state index contributed by atoms with van der Waals surface area (Å²) in [5.41, 5.74) is 1.86. The summed E-state index contributed by atoms with van der Waals surface area (Å²) < 4.78 is 0. The lowest BCUT2D eigenvalue weighted by Gasteiger charge is -2.34. The van der Waals surface area contributed by atoms with Gasteiger partial charge in [0.05, 0.1) is 6.61 Å². The number of piperazine rings is 1. The Labute approximate surface area is 153 Å². The van der Waals surface area contributed by atoms with Crippen molar-refractivity contribution in [2.24, 2.45) is 0 Å². The minimum atomic E-state index is -0.176. The van der Waals surface area contributed by atoms with E-state index in [1.54, 1.807) is 36.4 Å². The molecule has 0 aromatic heterocycles. The Kier molecular flexibility index (Phi) is 5.99. The van der Waals surface area contributed by atoms with Gasteiger partial charge in [-0.25, -0.2) is 0 Å². The first-order valence-corrected chi connectivity index (χ1v) is 8.76. The van der Waals surface area contributed by atoms with Gasteiger partial charge in [0.1, 0.15) is 0 Å². The topological polar surface area (TPSA) is 72.9 Å². The van der Waals surface area contributed by atoms with Crippen molar-refractivity contribution in [3.8, 4) is 0 Å². The average Bonchev–Trinajstić information content (AvgIpc) is 2.69. The molecule has 2 amide bonds. The van der Waals surface area contributed by atoms with Gasteiger partial charge in [0.25, 0.3) is 11.8 Å². The van der Waals surface area contributed by atoms with E-state index < -0.39 is 0 Å². The van der Waals surface area contributed by atoms with Crippen molar-refractivity contribution in [1.29, 1.82) is 0 Å². The fourth-order valence-corrected chi connectivity index (χ4v) is 2.99. The zero-order valence-electron chi connectivity index (χ0n) is 14.6. The predicted molar refractivity (Wildman–Crippen MR) is 100 cm³/mol. The van der Waals surface area contributed by atoms with Gasteiger partial charge in [-0.3, -0.25) is 14.5 Å². The number of rotatable bonds is 5. The standard InChI is InChI=1S/C20H23N3O3/c24-15-14-22-10-12-23(13-11-22)20(26)17-6-8-18(9-7-17)21-19(25)16-4-2-1-3-5-16/h1-9,24H,10-15H2,(H,21,25). The van der Waals surface area contributed by atoms with Crippen molar-refractivity contribution in [2.75, 3.05) is 44.6 Å². The number of nitrogens with zero attached hydrogens (tertiary/aromatic N) is 2. The smallest absolute Gasteiger partial charge is 0.255 e. The zero-order valence-corrected chi connectivity index (χ0v) is 14.6. The second-order valence-corrected chi connectivity index (χ2v) is 6.25. The van der Waals surface area contributed by atoms with Crippen LogP contribution >= 0.6 is 0 Å². The first-order valence-electron chi connectivity index (χ1n) is 8.76. The van der Waals surface area contributed by atoms with Crippen LogP contribution in [0.2, 0.25) is 0 Å². The van der Waals surface area contributed by atoms with E-state index in [0.717, 1.165) is 13.1 Å². The lowest BCUT2D eigenvalue weighted by Crippen LogP contribution is -2.49. The highest BCUT2D eigenvalue weighted by Gasteiger charge is 2.21. The average molecular weight is 353 g/mol. The van der Waals surface area contributed by atoms with Crippen molar-refractivity contribution >= 4 is 17.5 Å². The fraction of sp³-hybridized carbons (Fsp3) is 0.300. The molecule has 0 unspecified atom stereocenters. The number of hydrogen-bond donors (Lipinski definition) is 2. The summed E-state index contributed by atoms with van der Waals surface area (Å²) in [6.07, 6.45) is 0. The third-order valence-electron chi connectivity index (χ3n) is 4.50. The summed E-state index contributed by atoms with van der Waals surface area (Å²) in [7, 11) is 0. The van der Waals surface area contributed by atoms with Crippen LogP contribution in [-0.2, 0) is 0 Å². The van der Waals surface area contributed by atoms with E-state index >= 15 is 0 Å². The van der Waals surface area contributed by atoms with Crippen LogP contribution in [0.4, 0.5) is 5.69 Å². The predicted octanol–water partition coefficient (Wildman–Crippen LogP) is 1.69. The van der Waals surface area contributed by atoms with E-state index in [-0.39, 0.29) is 18.4 Å². The summed E-state index contributed by atoms with van der Waals surface area (Å²) in [6, 6.07) is 16.0. The van der Waals surface area contributed by atoms with Crippen LogP contribution in [0, 0.1) is 0 Å². The number of benzene rings is 2. The highest BCUT2D eigenvalue weighted by atomic mass is 16.3. The van der Waals surface area contributed by atoms with E-state index in [1.807, 2.05) is 23.1 Å². The Morgan fingerprint density at radius 1 is 0.885 bits per heavy atom. The number of hydrogen-bond acceptors (Lipinski definition) is 4. The summed E-state index contributed by atoms with van der Waals surface area (Å²) in [4.78, 5) is 28.7. The Bertz CT molecular complexity index is 739. The molecule has 0 saturated carbocycles.